The molecule has 1 heterocycles. The van der Waals surface area contributed by atoms with Crippen LogP contribution >= 0.6 is 0 Å². The van der Waals surface area contributed by atoms with E-state index in [1.807, 2.05) is 23.9 Å². The van der Waals surface area contributed by atoms with Crippen LogP contribution in [0.4, 0.5) is 5.69 Å². The Bertz CT molecular complexity index is 634. The fourth-order valence-corrected chi connectivity index (χ4v) is 1.91. The van der Waals surface area contributed by atoms with Gasteiger partial charge in [-0.2, -0.15) is 5.10 Å². The molecular weight excluding hydrogens is 266 g/mol. The summed E-state index contributed by atoms with van der Waals surface area (Å²) in [4.78, 5) is 12.0. The third kappa shape index (κ3) is 3.62. The van der Waals surface area contributed by atoms with Crippen LogP contribution in [0.25, 0.3) is 0 Å². The van der Waals surface area contributed by atoms with Crippen molar-refractivity contribution in [2.45, 2.75) is 39.8 Å². The van der Waals surface area contributed by atoms with Gasteiger partial charge in [-0.1, -0.05) is 6.92 Å². The summed E-state index contributed by atoms with van der Waals surface area (Å²) in [6, 6.07) is 7.32. The normalized spacial score (nSPS) is 12.1. The maximum absolute atomic E-state index is 12.0. The summed E-state index contributed by atoms with van der Waals surface area (Å²) in [6.07, 6.45) is 2.91. The number of benzene rings is 1. The minimum Gasteiger partial charge on any atom is -0.456 e. The van der Waals surface area contributed by atoms with Gasteiger partial charge in [0.05, 0.1) is 11.3 Å². The summed E-state index contributed by atoms with van der Waals surface area (Å²) in [5.41, 5.74) is 8.51. The molecule has 0 amide bonds. The Morgan fingerprint density at radius 1 is 1.43 bits per heavy atom. The van der Waals surface area contributed by atoms with Gasteiger partial charge in [0.1, 0.15) is 6.61 Å². The van der Waals surface area contributed by atoms with Crippen molar-refractivity contribution in [2.75, 3.05) is 5.73 Å². The van der Waals surface area contributed by atoms with Crippen LogP contribution in [-0.4, -0.2) is 15.7 Å². The average Bonchev–Trinajstić information content (AvgIpc) is 2.95. The summed E-state index contributed by atoms with van der Waals surface area (Å²) in [6.45, 7) is 6.24. The van der Waals surface area contributed by atoms with Gasteiger partial charge in [-0.05, 0) is 50.1 Å². The van der Waals surface area contributed by atoms with Gasteiger partial charge in [-0.3, -0.25) is 4.68 Å². The van der Waals surface area contributed by atoms with Gasteiger partial charge in [0.25, 0.3) is 0 Å². The zero-order chi connectivity index (χ0) is 15.4. The second-order valence-corrected chi connectivity index (χ2v) is 5.19. The summed E-state index contributed by atoms with van der Waals surface area (Å²) in [5, 5.41) is 4.40. The van der Waals surface area contributed by atoms with Crippen molar-refractivity contribution in [1.82, 2.24) is 9.78 Å². The fraction of sp³-hybridized carbons (Fsp3) is 0.375. The van der Waals surface area contributed by atoms with Gasteiger partial charge in [-0.15, -0.1) is 0 Å². The number of hydrogen-bond donors (Lipinski definition) is 1. The quantitative estimate of drug-likeness (QED) is 0.677. The van der Waals surface area contributed by atoms with E-state index in [2.05, 4.69) is 18.9 Å². The Balaban J connectivity index is 1.97. The van der Waals surface area contributed by atoms with E-state index in [1.54, 1.807) is 18.2 Å². The number of hydrogen-bond acceptors (Lipinski definition) is 4. The maximum atomic E-state index is 12.0. The number of aromatic nitrogens is 2. The summed E-state index contributed by atoms with van der Waals surface area (Å²) in [7, 11) is 0. The Kier molecular flexibility index (Phi) is 4.62. The lowest BCUT2D eigenvalue weighted by Crippen LogP contribution is -2.08. The predicted molar refractivity (Wildman–Crippen MR) is 81.9 cm³/mol. The first-order chi connectivity index (χ1) is 10.0. The van der Waals surface area contributed by atoms with Crippen LogP contribution in [0, 0.1) is 6.92 Å². The molecule has 2 aromatic rings. The molecule has 5 nitrogen and oxygen atoms in total. The van der Waals surface area contributed by atoms with Crippen molar-refractivity contribution in [3.63, 3.8) is 0 Å². The molecule has 2 rings (SSSR count). The van der Waals surface area contributed by atoms with Crippen molar-refractivity contribution in [2.24, 2.45) is 0 Å². The Labute approximate surface area is 124 Å². The standard InChI is InChI=1S/C16H21N3O2/c1-4-12(3)19-8-7-14(18-19)10-21-16(20)13-5-6-15(17)11(2)9-13/h5-9,12H,4,10,17H2,1-3H3. The number of nitrogens with zero attached hydrogens (tertiary/aromatic N) is 2. The monoisotopic (exact) mass is 287 g/mol. The molecule has 112 valence electrons. The van der Waals surface area contributed by atoms with E-state index in [0.29, 0.717) is 17.3 Å². The number of ether oxygens (including phenoxy) is 1. The minimum absolute atomic E-state index is 0.172. The van der Waals surface area contributed by atoms with E-state index < -0.39 is 0 Å². The molecule has 5 heteroatoms. The van der Waals surface area contributed by atoms with E-state index >= 15 is 0 Å². The maximum Gasteiger partial charge on any atom is 0.338 e. The molecule has 0 aliphatic heterocycles. The lowest BCUT2D eigenvalue weighted by Gasteiger charge is -2.08. The second kappa shape index (κ2) is 6.43. The topological polar surface area (TPSA) is 70.1 Å². The largest absolute Gasteiger partial charge is 0.456 e. The lowest BCUT2D eigenvalue weighted by atomic mass is 10.1. The molecule has 0 bridgehead atoms. The van der Waals surface area contributed by atoms with Crippen molar-refractivity contribution in [3.05, 3.63) is 47.3 Å². The van der Waals surface area contributed by atoms with E-state index in [-0.39, 0.29) is 12.6 Å². The smallest absolute Gasteiger partial charge is 0.338 e. The molecular formula is C16H21N3O2. The van der Waals surface area contributed by atoms with Crippen LogP contribution < -0.4 is 5.73 Å². The molecule has 0 spiro atoms. The summed E-state index contributed by atoms with van der Waals surface area (Å²) < 4.78 is 7.17. The minimum atomic E-state index is -0.365. The van der Waals surface area contributed by atoms with Gasteiger partial charge in [0.2, 0.25) is 0 Å². The van der Waals surface area contributed by atoms with Crippen LogP contribution in [0.5, 0.6) is 0 Å². The van der Waals surface area contributed by atoms with Gasteiger partial charge in [0, 0.05) is 17.9 Å². The first kappa shape index (κ1) is 15.1. The van der Waals surface area contributed by atoms with Gasteiger partial charge in [-0.25, -0.2) is 4.79 Å². The van der Waals surface area contributed by atoms with E-state index in [0.717, 1.165) is 17.7 Å². The molecule has 0 saturated heterocycles. The number of anilines is 1. The number of carbonyl (C=O) groups is 1. The number of rotatable bonds is 5. The molecule has 1 aromatic carbocycles. The third-order valence-electron chi connectivity index (χ3n) is 3.56. The van der Waals surface area contributed by atoms with E-state index in [9.17, 15) is 4.79 Å². The first-order valence-electron chi connectivity index (χ1n) is 7.08. The molecule has 0 aliphatic carbocycles. The van der Waals surface area contributed by atoms with E-state index in [4.69, 9.17) is 10.5 Å². The number of carbonyl (C=O) groups excluding carboxylic acids is 1. The van der Waals surface area contributed by atoms with Gasteiger partial charge >= 0.3 is 5.97 Å². The molecule has 1 aromatic heterocycles. The van der Waals surface area contributed by atoms with Crippen LogP contribution in [0.15, 0.2) is 30.5 Å². The Hall–Kier alpha value is -2.30. The first-order valence-corrected chi connectivity index (χ1v) is 7.08. The molecule has 2 N–H and O–H groups in total. The third-order valence-corrected chi connectivity index (χ3v) is 3.56. The molecule has 0 radical (unpaired) electrons. The molecule has 0 fully saturated rings. The van der Waals surface area contributed by atoms with Crippen LogP contribution in [0.2, 0.25) is 0 Å². The van der Waals surface area contributed by atoms with E-state index in [1.165, 1.54) is 0 Å². The number of nitrogens with two attached hydrogens (primary N) is 1. The predicted octanol–water partition coefficient (Wildman–Crippen LogP) is 3.10. The summed E-state index contributed by atoms with van der Waals surface area (Å²) in [5.74, 6) is -0.365. The zero-order valence-corrected chi connectivity index (χ0v) is 12.7. The molecule has 0 saturated carbocycles. The molecule has 1 atom stereocenters. The van der Waals surface area contributed by atoms with Crippen molar-refractivity contribution in [1.29, 1.82) is 0 Å². The molecule has 21 heavy (non-hydrogen) atoms. The number of esters is 1. The fourth-order valence-electron chi connectivity index (χ4n) is 1.91. The Morgan fingerprint density at radius 3 is 2.86 bits per heavy atom. The highest BCUT2D eigenvalue weighted by atomic mass is 16.5. The average molecular weight is 287 g/mol. The van der Waals surface area contributed by atoms with Crippen molar-refractivity contribution >= 4 is 11.7 Å². The molecule has 0 aliphatic rings. The number of aryl methyl sites for hydroxylation is 1. The lowest BCUT2D eigenvalue weighted by molar-refractivity contribution is 0.0466. The van der Waals surface area contributed by atoms with Crippen LogP contribution in [-0.2, 0) is 11.3 Å². The van der Waals surface area contributed by atoms with Crippen LogP contribution in [0.3, 0.4) is 0 Å². The molecule has 1 unspecified atom stereocenters. The highest BCUT2D eigenvalue weighted by Crippen LogP contribution is 2.14. The van der Waals surface area contributed by atoms with Gasteiger partial charge < -0.3 is 10.5 Å². The SMILES string of the molecule is CCC(C)n1ccc(COC(=O)c2ccc(N)c(C)c2)n1. The van der Waals surface area contributed by atoms with Crippen molar-refractivity contribution in [3.8, 4) is 0 Å². The second-order valence-electron chi connectivity index (χ2n) is 5.19. The Morgan fingerprint density at radius 2 is 2.19 bits per heavy atom. The number of nitrogen functional groups attached to an aromatic ring is 1. The zero-order valence-electron chi connectivity index (χ0n) is 12.7. The van der Waals surface area contributed by atoms with Gasteiger partial charge in [0.15, 0.2) is 0 Å². The van der Waals surface area contributed by atoms with Crippen molar-refractivity contribution < 1.29 is 9.53 Å². The van der Waals surface area contributed by atoms with Crippen LogP contribution in [0.1, 0.15) is 47.9 Å². The summed E-state index contributed by atoms with van der Waals surface area (Å²) >= 11 is 0. The highest BCUT2D eigenvalue weighted by Gasteiger charge is 2.10. The highest BCUT2D eigenvalue weighted by molar-refractivity contribution is 5.90.